The summed E-state index contributed by atoms with van der Waals surface area (Å²) >= 11 is 0. The van der Waals surface area contributed by atoms with Crippen LogP contribution in [0.5, 0.6) is 0 Å². The van der Waals surface area contributed by atoms with Gasteiger partial charge in [-0.2, -0.15) is 0 Å². The first-order valence-corrected chi connectivity index (χ1v) is 5.69. The fourth-order valence-electron chi connectivity index (χ4n) is 2.23. The molecule has 2 nitrogen and oxygen atoms in total. The lowest BCUT2D eigenvalue weighted by atomic mass is 9.90. The summed E-state index contributed by atoms with van der Waals surface area (Å²) in [5.74, 6) is 0.866. The van der Waals surface area contributed by atoms with Crippen LogP contribution in [0.15, 0.2) is 0 Å². The summed E-state index contributed by atoms with van der Waals surface area (Å²) in [6, 6.07) is 0.779. The average molecular weight is 184 g/mol. The maximum atomic E-state index is 3.67. The van der Waals surface area contributed by atoms with Crippen molar-refractivity contribution in [3.63, 3.8) is 0 Å². The van der Waals surface area contributed by atoms with E-state index in [1.807, 2.05) is 0 Å². The molecule has 0 aromatic carbocycles. The number of hydrogen-bond donors (Lipinski definition) is 1. The van der Waals surface area contributed by atoms with Crippen LogP contribution in [0.2, 0.25) is 0 Å². The second-order valence-corrected chi connectivity index (χ2v) is 4.28. The van der Waals surface area contributed by atoms with Crippen LogP contribution in [0.3, 0.4) is 0 Å². The van der Waals surface area contributed by atoms with E-state index in [2.05, 4.69) is 31.1 Å². The van der Waals surface area contributed by atoms with Crippen molar-refractivity contribution in [3.8, 4) is 0 Å². The third-order valence-electron chi connectivity index (χ3n) is 3.12. The number of likely N-dealkylation sites (tertiary alicyclic amines) is 1. The molecule has 1 saturated heterocycles. The minimum atomic E-state index is 0.779. The van der Waals surface area contributed by atoms with E-state index in [0.29, 0.717) is 0 Å². The zero-order chi connectivity index (χ0) is 9.68. The molecule has 1 fully saturated rings. The molecule has 78 valence electrons. The highest BCUT2D eigenvalue weighted by atomic mass is 15.1. The highest BCUT2D eigenvalue weighted by Crippen LogP contribution is 2.18. The molecule has 0 radical (unpaired) electrons. The Morgan fingerprint density at radius 2 is 2.15 bits per heavy atom. The molecule has 1 rings (SSSR count). The third kappa shape index (κ3) is 3.28. The summed E-state index contributed by atoms with van der Waals surface area (Å²) in [5, 5.41) is 3.67. The first-order valence-electron chi connectivity index (χ1n) is 5.69. The Kier molecular flexibility index (Phi) is 4.74. The van der Waals surface area contributed by atoms with E-state index in [9.17, 15) is 0 Å². The lowest BCUT2D eigenvalue weighted by Crippen LogP contribution is -2.48. The van der Waals surface area contributed by atoms with Crippen molar-refractivity contribution in [2.45, 2.75) is 39.2 Å². The van der Waals surface area contributed by atoms with Crippen LogP contribution in [-0.4, -0.2) is 37.6 Å². The van der Waals surface area contributed by atoms with Crippen LogP contribution >= 0.6 is 0 Å². The minimum absolute atomic E-state index is 0.779. The Morgan fingerprint density at radius 3 is 2.77 bits per heavy atom. The van der Waals surface area contributed by atoms with E-state index in [0.717, 1.165) is 12.0 Å². The van der Waals surface area contributed by atoms with E-state index in [1.54, 1.807) is 0 Å². The Hall–Kier alpha value is -0.0800. The molecule has 1 heterocycles. The van der Waals surface area contributed by atoms with E-state index in [1.165, 1.54) is 38.9 Å². The van der Waals surface area contributed by atoms with Gasteiger partial charge in [0.1, 0.15) is 0 Å². The standard InChI is InChI=1S/C11H24N2/c1-4-7-12-11-6-8-13(3)9-10(11)5-2/h10-12H,4-9H2,1-3H3. The topological polar surface area (TPSA) is 15.3 Å². The molecule has 0 amide bonds. The Morgan fingerprint density at radius 1 is 1.38 bits per heavy atom. The van der Waals surface area contributed by atoms with Gasteiger partial charge in [-0.1, -0.05) is 20.3 Å². The normalized spacial score (nSPS) is 30.7. The summed E-state index contributed by atoms with van der Waals surface area (Å²) in [5.41, 5.74) is 0. The fraction of sp³-hybridized carbons (Fsp3) is 1.00. The zero-order valence-electron chi connectivity index (χ0n) is 9.34. The molecule has 2 unspecified atom stereocenters. The lowest BCUT2D eigenvalue weighted by molar-refractivity contribution is 0.160. The summed E-state index contributed by atoms with van der Waals surface area (Å²) in [7, 11) is 2.23. The molecule has 0 aromatic rings. The van der Waals surface area contributed by atoms with E-state index in [-0.39, 0.29) is 0 Å². The maximum Gasteiger partial charge on any atom is 0.0120 e. The van der Waals surface area contributed by atoms with Crippen LogP contribution in [0.25, 0.3) is 0 Å². The molecule has 2 heteroatoms. The van der Waals surface area contributed by atoms with Crippen LogP contribution in [0.1, 0.15) is 33.1 Å². The first-order chi connectivity index (χ1) is 6.27. The molecule has 2 atom stereocenters. The fourth-order valence-corrected chi connectivity index (χ4v) is 2.23. The highest BCUT2D eigenvalue weighted by molar-refractivity contribution is 4.83. The van der Waals surface area contributed by atoms with E-state index < -0.39 is 0 Å². The van der Waals surface area contributed by atoms with Gasteiger partial charge in [-0.25, -0.2) is 0 Å². The van der Waals surface area contributed by atoms with Crippen LogP contribution < -0.4 is 5.32 Å². The Balaban J connectivity index is 2.33. The molecule has 1 aliphatic heterocycles. The minimum Gasteiger partial charge on any atom is -0.314 e. The predicted molar refractivity (Wildman–Crippen MR) is 58.0 cm³/mol. The number of nitrogens with one attached hydrogen (secondary N) is 1. The molecule has 0 saturated carbocycles. The van der Waals surface area contributed by atoms with Gasteiger partial charge in [-0.05, 0) is 38.9 Å². The van der Waals surface area contributed by atoms with Gasteiger partial charge in [0.25, 0.3) is 0 Å². The molecule has 1 N–H and O–H groups in total. The maximum absolute atomic E-state index is 3.67. The smallest absolute Gasteiger partial charge is 0.0120 e. The Labute approximate surface area is 82.7 Å². The van der Waals surface area contributed by atoms with Crippen molar-refractivity contribution in [2.24, 2.45) is 5.92 Å². The summed E-state index contributed by atoms with van der Waals surface area (Å²) in [6.45, 7) is 8.27. The van der Waals surface area contributed by atoms with Gasteiger partial charge < -0.3 is 10.2 Å². The van der Waals surface area contributed by atoms with Crippen molar-refractivity contribution in [1.82, 2.24) is 10.2 Å². The van der Waals surface area contributed by atoms with Gasteiger partial charge in [0.15, 0.2) is 0 Å². The van der Waals surface area contributed by atoms with Gasteiger partial charge in [-0.15, -0.1) is 0 Å². The molecule has 13 heavy (non-hydrogen) atoms. The monoisotopic (exact) mass is 184 g/mol. The summed E-state index contributed by atoms with van der Waals surface area (Å²) < 4.78 is 0. The number of piperidine rings is 1. The number of nitrogens with zero attached hydrogens (tertiary/aromatic N) is 1. The van der Waals surface area contributed by atoms with Crippen LogP contribution in [0, 0.1) is 5.92 Å². The molecule has 0 aromatic heterocycles. The largest absolute Gasteiger partial charge is 0.314 e. The number of rotatable bonds is 4. The predicted octanol–water partition coefficient (Wildman–Crippen LogP) is 1.72. The van der Waals surface area contributed by atoms with Crippen LogP contribution in [-0.2, 0) is 0 Å². The van der Waals surface area contributed by atoms with Crippen molar-refractivity contribution >= 4 is 0 Å². The third-order valence-corrected chi connectivity index (χ3v) is 3.12. The second kappa shape index (κ2) is 5.61. The van der Waals surface area contributed by atoms with Crippen molar-refractivity contribution in [1.29, 1.82) is 0 Å². The number of hydrogen-bond acceptors (Lipinski definition) is 2. The van der Waals surface area contributed by atoms with Gasteiger partial charge in [0.05, 0.1) is 0 Å². The van der Waals surface area contributed by atoms with Gasteiger partial charge >= 0.3 is 0 Å². The van der Waals surface area contributed by atoms with Crippen molar-refractivity contribution < 1.29 is 0 Å². The molecule has 0 spiro atoms. The Bertz CT molecular complexity index is 134. The van der Waals surface area contributed by atoms with Crippen molar-refractivity contribution in [2.75, 3.05) is 26.7 Å². The van der Waals surface area contributed by atoms with Gasteiger partial charge in [0, 0.05) is 12.6 Å². The second-order valence-electron chi connectivity index (χ2n) is 4.28. The molecule has 0 aliphatic carbocycles. The summed E-state index contributed by atoms with van der Waals surface area (Å²) in [4.78, 5) is 2.46. The molecular formula is C11H24N2. The van der Waals surface area contributed by atoms with Crippen molar-refractivity contribution in [3.05, 3.63) is 0 Å². The lowest BCUT2D eigenvalue weighted by Gasteiger charge is -2.36. The SMILES string of the molecule is CCCNC1CCN(C)CC1CC. The molecule has 1 aliphatic rings. The quantitative estimate of drug-likeness (QED) is 0.715. The molecule has 0 bridgehead atoms. The zero-order valence-corrected chi connectivity index (χ0v) is 9.34. The van der Waals surface area contributed by atoms with Gasteiger partial charge in [-0.3, -0.25) is 0 Å². The highest BCUT2D eigenvalue weighted by Gasteiger charge is 2.25. The molecular weight excluding hydrogens is 160 g/mol. The van der Waals surface area contributed by atoms with E-state index >= 15 is 0 Å². The van der Waals surface area contributed by atoms with Gasteiger partial charge in [0.2, 0.25) is 0 Å². The van der Waals surface area contributed by atoms with E-state index in [4.69, 9.17) is 0 Å². The summed E-state index contributed by atoms with van der Waals surface area (Å²) in [6.07, 6.45) is 3.89. The van der Waals surface area contributed by atoms with Crippen LogP contribution in [0.4, 0.5) is 0 Å². The first kappa shape index (κ1) is 11.0. The average Bonchev–Trinajstić information content (AvgIpc) is 2.16.